The van der Waals surface area contributed by atoms with Gasteiger partial charge in [0.25, 0.3) is 5.91 Å². The summed E-state index contributed by atoms with van der Waals surface area (Å²) in [7, 11) is 0. The summed E-state index contributed by atoms with van der Waals surface area (Å²) in [5, 5.41) is 21.1. The van der Waals surface area contributed by atoms with Crippen LogP contribution in [0, 0.1) is 0 Å². The Bertz CT molecular complexity index is 1680. The van der Waals surface area contributed by atoms with Crippen LogP contribution in [-0.2, 0) is 4.74 Å². The highest BCUT2D eigenvalue weighted by Gasteiger charge is 2.35. The number of imidazole rings is 1. The number of hydrogen-bond acceptors (Lipinski definition) is 6. The zero-order valence-corrected chi connectivity index (χ0v) is 22.4. The number of aromatic amines is 1. The molecular formula is C31H28ClN3O5. The molecule has 5 aromatic rings. The molecule has 1 aliphatic heterocycles. The second-order valence-corrected chi connectivity index (χ2v) is 9.98. The minimum atomic E-state index is -0.161. The lowest BCUT2D eigenvalue weighted by Gasteiger charge is -2.18. The topological polar surface area (TPSA) is 108 Å². The number of benzene rings is 4. The molecule has 0 saturated heterocycles. The molecule has 2 heterocycles. The van der Waals surface area contributed by atoms with Gasteiger partial charge in [-0.15, -0.1) is 11.6 Å². The molecule has 9 heteroatoms. The van der Waals surface area contributed by atoms with Crippen molar-refractivity contribution in [3.63, 3.8) is 0 Å². The minimum absolute atomic E-state index is 0.00939. The van der Waals surface area contributed by atoms with Crippen molar-refractivity contribution in [2.75, 3.05) is 43.8 Å². The Kier molecular flexibility index (Phi) is 7.30. The first kappa shape index (κ1) is 26.1. The highest BCUT2D eigenvalue weighted by atomic mass is 35.5. The van der Waals surface area contributed by atoms with E-state index >= 15 is 0 Å². The number of aromatic hydroxyl groups is 1. The molecule has 0 aliphatic carbocycles. The van der Waals surface area contributed by atoms with E-state index < -0.39 is 0 Å². The average molecular weight is 558 g/mol. The number of halogens is 1. The first-order chi connectivity index (χ1) is 19.6. The molecule has 8 nitrogen and oxygen atoms in total. The molecule has 0 bridgehead atoms. The second kappa shape index (κ2) is 11.2. The van der Waals surface area contributed by atoms with Crippen LogP contribution in [0.25, 0.3) is 33.2 Å². The van der Waals surface area contributed by atoms with Gasteiger partial charge in [-0.3, -0.25) is 4.79 Å². The largest absolute Gasteiger partial charge is 0.507 e. The van der Waals surface area contributed by atoms with Gasteiger partial charge in [0.15, 0.2) is 0 Å². The third kappa shape index (κ3) is 4.86. The van der Waals surface area contributed by atoms with Gasteiger partial charge in [-0.1, -0.05) is 24.3 Å². The summed E-state index contributed by atoms with van der Waals surface area (Å²) in [6, 6.07) is 22.3. The Labute approximate surface area is 235 Å². The number of ether oxygens (including phenoxy) is 2. The number of nitrogens with one attached hydrogen (secondary N) is 1. The third-order valence-corrected chi connectivity index (χ3v) is 7.54. The number of phenols is 1. The zero-order valence-electron chi connectivity index (χ0n) is 21.6. The number of rotatable bonds is 9. The van der Waals surface area contributed by atoms with Gasteiger partial charge in [-0.2, -0.15) is 0 Å². The number of anilines is 1. The first-order valence-corrected chi connectivity index (χ1v) is 13.6. The predicted octanol–water partition coefficient (Wildman–Crippen LogP) is 5.46. The average Bonchev–Trinajstić information content (AvgIpc) is 3.58. The van der Waals surface area contributed by atoms with E-state index in [0.717, 1.165) is 32.9 Å². The predicted molar refractivity (Wildman–Crippen MR) is 156 cm³/mol. The van der Waals surface area contributed by atoms with Crippen LogP contribution in [0.1, 0.15) is 21.8 Å². The van der Waals surface area contributed by atoms with Crippen LogP contribution in [0.3, 0.4) is 0 Å². The third-order valence-electron chi connectivity index (χ3n) is 7.16. The van der Waals surface area contributed by atoms with Crippen LogP contribution >= 0.6 is 11.6 Å². The van der Waals surface area contributed by atoms with Crippen LogP contribution in [0.2, 0.25) is 0 Å². The van der Waals surface area contributed by atoms with Crippen LogP contribution in [0.4, 0.5) is 5.69 Å². The number of hydrogen-bond donors (Lipinski definition) is 3. The van der Waals surface area contributed by atoms with Crippen LogP contribution in [0.5, 0.6) is 11.5 Å². The zero-order chi connectivity index (χ0) is 27.6. The fourth-order valence-electron chi connectivity index (χ4n) is 5.27. The number of amides is 1. The summed E-state index contributed by atoms with van der Waals surface area (Å²) in [5.74, 6) is 1.71. The van der Waals surface area contributed by atoms with Crippen molar-refractivity contribution in [3.8, 4) is 22.9 Å². The first-order valence-electron chi connectivity index (χ1n) is 13.1. The number of nitrogens with zero attached hydrogens (tertiary/aromatic N) is 2. The van der Waals surface area contributed by atoms with E-state index in [9.17, 15) is 9.90 Å². The summed E-state index contributed by atoms with van der Waals surface area (Å²) in [4.78, 5) is 23.5. The molecule has 40 heavy (non-hydrogen) atoms. The van der Waals surface area contributed by atoms with Gasteiger partial charge in [-0.05, 0) is 53.4 Å². The summed E-state index contributed by atoms with van der Waals surface area (Å²) >= 11 is 6.35. The fraction of sp³-hybridized carbons (Fsp3) is 0.226. The van der Waals surface area contributed by atoms with E-state index in [-0.39, 0.29) is 24.2 Å². The summed E-state index contributed by atoms with van der Waals surface area (Å²) in [6.45, 7) is 1.52. The lowest BCUT2D eigenvalue weighted by atomic mass is 9.95. The number of aromatic nitrogens is 2. The van der Waals surface area contributed by atoms with Crippen molar-refractivity contribution >= 4 is 45.0 Å². The van der Waals surface area contributed by atoms with Crippen LogP contribution in [0.15, 0.2) is 72.8 Å². The monoisotopic (exact) mass is 557 g/mol. The van der Waals surface area contributed by atoms with Gasteiger partial charge in [0.2, 0.25) is 0 Å². The lowest BCUT2D eigenvalue weighted by Crippen LogP contribution is -2.30. The molecule has 0 unspecified atom stereocenters. The number of fused-ring (bicyclic) bond motifs is 4. The van der Waals surface area contributed by atoms with Gasteiger partial charge < -0.3 is 29.6 Å². The van der Waals surface area contributed by atoms with Crippen LogP contribution < -0.4 is 9.64 Å². The molecule has 3 N–H and O–H groups in total. The normalized spacial score (nSPS) is 14.7. The molecule has 0 spiro atoms. The van der Waals surface area contributed by atoms with E-state index in [1.165, 1.54) is 0 Å². The molecule has 6 rings (SSSR count). The van der Waals surface area contributed by atoms with Gasteiger partial charge in [-0.25, -0.2) is 4.98 Å². The van der Waals surface area contributed by atoms with Gasteiger partial charge in [0.05, 0.1) is 36.5 Å². The lowest BCUT2D eigenvalue weighted by molar-refractivity contribution is 0.0705. The van der Waals surface area contributed by atoms with Gasteiger partial charge >= 0.3 is 0 Å². The fourth-order valence-corrected chi connectivity index (χ4v) is 5.53. The maximum absolute atomic E-state index is 13.8. The molecule has 1 atom stereocenters. The van der Waals surface area contributed by atoms with Crippen molar-refractivity contribution in [1.82, 2.24) is 9.97 Å². The van der Waals surface area contributed by atoms with E-state index in [1.54, 1.807) is 17.0 Å². The van der Waals surface area contributed by atoms with Crippen LogP contribution in [-0.4, -0.2) is 64.9 Å². The number of phenolic OH excluding ortho intramolecular Hbond substituents is 1. The van der Waals surface area contributed by atoms with E-state index in [2.05, 4.69) is 4.98 Å². The minimum Gasteiger partial charge on any atom is -0.507 e. The molecule has 0 saturated carbocycles. The van der Waals surface area contributed by atoms with Crippen molar-refractivity contribution in [1.29, 1.82) is 0 Å². The highest BCUT2D eigenvalue weighted by Crippen LogP contribution is 2.45. The Hall–Kier alpha value is -4.11. The number of alkyl halides is 1. The van der Waals surface area contributed by atoms with Crippen molar-refractivity contribution < 1.29 is 24.5 Å². The molecule has 0 fully saturated rings. The van der Waals surface area contributed by atoms with E-state index in [1.807, 2.05) is 60.7 Å². The molecule has 1 amide bonds. The number of aliphatic hydroxyl groups excluding tert-OH is 1. The molecule has 1 aliphatic rings. The smallest absolute Gasteiger partial charge is 0.258 e. The SMILES string of the molecule is O=C(c1ccc2nc(-c3ccc(OCCOCCO)cc3)[nH]c2c1)N1C[C@@H](CCl)c2c1cc(O)c1ccccc21. The van der Waals surface area contributed by atoms with Gasteiger partial charge in [0, 0.05) is 40.9 Å². The quantitative estimate of drug-likeness (QED) is 0.164. The maximum atomic E-state index is 13.8. The van der Waals surface area contributed by atoms with E-state index in [0.29, 0.717) is 55.1 Å². The molecule has 0 radical (unpaired) electrons. The van der Waals surface area contributed by atoms with Crippen molar-refractivity contribution in [2.24, 2.45) is 0 Å². The Balaban J connectivity index is 1.24. The molecule has 204 valence electrons. The number of aliphatic hydroxyl groups is 1. The standard InChI is InChI=1S/C31H28ClN3O5/c32-17-21-18-35(27-16-28(37)23-3-1-2-4-24(23)29(21)27)31(38)20-7-10-25-26(15-20)34-30(33-25)19-5-8-22(9-6-19)40-14-13-39-12-11-36/h1-10,15-16,21,36-37H,11-14,17-18H2,(H,33,34)/t21-/m1/s1. The Morgan fingerprint density at radius 3 is 2.60 bits per heavy atom. The number of carbonyl (C=O) groups excluding carboxylic acids is 1. The number of H-pyrrole nitrogens is 1. The Morgan fingerprint density at radius 1 is 1.02 bits per heavy atom. The van der Waals surface area contributed by atoms with Crippen molar-refractivity contribution in [3.05, 3.63) is 83.9 Å². The molecule has 4 aromatic carbocycles. The highest BCUT2D eigenvalue weighted by molar-refractivity contribution is 6.19. The molecular weight excluding hydrogens is 530 g/mol. The summed E-state index contributed by atoms with van der Waals surface area (Å²) < 4.78 is 10.9. The number of carbonyl (C=O) groups is 1. The second-order valence-electron chi connectivity index (χ2n) is 9.67. The van der Waals surface area contributed by atoms with E-state index in [4.69, 9.17) is 31.2 Å². The summed E-state index contributed by atoms with van der Waals surface area (Å²) in [6.07, 6.45) is 0. The Morgan fingerprint density at radius 2 is 1.82 bits per heavy atom. The van der Waals surface area contributed by atoms with Gasteiger partial charge in [0.1, 0.15) is 23.9 Å². The summed E-state index contributed by atoms with van der Waals surface area (Å²) in [5.41, 5.74) is 4.58. The van der Waals surface area contributed by atoms with Crippen molar-refractivity contribution in [2.45, 2.75) is 5.92 Å². The molecule has 1 aromatic heterocycles. The maximum Gasteiger partial charge on any atom is 0.258 e.